The van der Waals surface area contributed by atoms with Crippen molar-refractivity contribution in [2.45, 2.75) is 32.2 Å². The Hall–Kier alpha value is -1.67. The highest BCUT2D eigenvalue weighted by atomic mass is 16.5. The molecule has 5 N–H and O–H groups in total. The lowest BCUT2D eigenvalue weighted by atomic mass is 10.0. The van der Waals surface area contributed by atoms with E-state index in [1.807, 2.05) is 13.8 Å². The fraction of sp³-hybridized carbons (Fsp3) is 0.533. The summed E-state index contributed by atoms with van der Waals surface area (Å²) in [5, 5.41) is 40.3. The van der Waals surface area contributed by atoms with Gasteiger partial charge in [-0.15, -0.1) is 0 Å². The van der Waals surface area contributed by atoms with Crippen LogP contribution in [0.2, 0.25) is 0 Å². The van der Waals surface area contributed by atoms with Crippen LogP contribution in [0.3, 0.4) is 0 Å². The fourth-order valence-electron chi connectivity index (χ4n) is 1.94. The predicted octanol–water partition coefficient (Wildman–Crippen LogP) is -0.423. The summed E-state index contributed by atoms with van der Waals surface area (Å²) < 4.78 is 4.72. The molecule has 0 unspecified atom stereocenters. The minimum atomic E-state index is -1.49. The summed E-state index contributed by atoms with van der Waals surface area (Å²) in [7, 11) is 1.28. The van der Waals surface area contributed by atoms with Crippen molar-refractivity contribution in [1.82, 2.24) is 0 Å². The van der Waals surface area contributed by atoms with Gasteiger partial charge in [0.2, 0.25) is 0 Å². The average molecular weight is 313 g/mol. The van der Waals surface area contributed by atoms with E-state index in [0.29, 0.717) is 11.3 Å². The summed E-state index contributed by atoms with van der Waals surface area (Å²) >= 11 is 0. The average Bonchev–Trinajstić information content (AvgIpc) is 2.52. The molecule has 0 saturated carbocycles. The first-order valence-corrected chi connectivity index (χ1v) is 6.90. The fourth-order valence-corrected chi connectivity index (χ4v) is 1.94. The second kappa shape index (κ2) is 8.09. The topological polar surface area (TPSA) is 119 Å². The lowest BCUT2D eigenvalue weighted by Gasteiger charge is -2.23. The highest BCUT2D eigenvalue weighted by Crippen LogP contribution is 2.22. The molecule has 1 aromatic rings. The second-order valence-corrected chi connectivity index (χ2v) is 5.16. The van der Waals surface area contributed by atoms with Gasteiger partial charge in [0.1, 0.15) is 12.2 Å². The third-order valence-electron chi connectivity index (χ3n) is 3.52. The maximum atomic E-state index is 11.8. The molecule has 124 valence electrons. The maximum Gasteiger partial charge on any atom is 0.339 e. The van der Waals surface area contributed by atoms with Crippen LogP contribution in [0.1, 0.15) is 21.5 Å². The number of aliphatic hydroxyl groups excluding tert-OH is 4. The van der Waals surface area contributed by atoms with E-state index in [9.17, 15) is 20.1 Å². The lowest BCUT2D eigenvalue weighted by Crippen LogP contribution is -2.43. The van der Waals surface area contributed by atoms with E-state index in [0.717, 1.165) is 11.1 Å². The smallest absolute Gasteiger partial charge is 0.339 e. The Labute approximate surface area is 129 Å². The van der Waals surface area contributed by atoms with Crippen molar-refractivity contribution < 1.29 is 30.0 Å². The van der Waals surface area contributed by atoms with Gasteiger partial charge in [0.25, 0.3) is 0 Å². The monoisotopic (exact) mass is 313 g/mol. The first-order chi connectivity index (χ1) is 10.3. The number of carbonyl (C=O) groups excluding carboxylic acids is 1. The third kappa shape index (κ3) is 4.41. The number of hydrogen-bond acceptors (Lipinski definition) is 7. The molecule has 1 aromatic carbocycles. The summed E-state index contributed by atoms with van der Waals surface area (Å²) in [6.07, 6.45) is -4.24. The number of carbonyl (C=O) groups is 1. The van der Waals surface area contributed by atoms with E-state index < -0.39 is 30.9 Å². The number of aryl methyl sites for hydroxylation is 2. The molecular weight excluding hydrogens is 290 g/mol. The van der Waals surface area contributed by atoms with Gasteiger partial charge in [-0.2, -0.15) is 0 Å². The van der Waals surface area contributed by atoms with Gasteiger partial charge >= 0.3 is 5.97 Å². The van der Waals surface area contributed by atoms with Gasteiger partial charge in [-0.3, -0.25) is 0 Å². The van der Waals surface area contributed by atoms with Crippen molar-refractivity contribution in [1.29, 1.82) is 0 Å². The first-order valence-electron chi connectivity index (χ1n) is 6.90. The van der Waals surface area contributed by atoms with Gasteiger partial charge < -0.3 is 30.5 Å². The van der Waals surface area contributed by atoms with Crippen molar-refractivity contribution in [2.75, 3.05) is 25.6 Å². The minimum absolute atomic E-state index is 0.106. The first kappa shape index (κ1) is 18.4. The highest BCUT2D eigenvalue weighted by Gasteiger charge is 2.24. The summed E-state index contributed by atoms with van der Waals surface area (Å²) in [5.41, 5.74) is 2.64. The highest BCUT2D eigenvalue weighted by molar-refractivity contribution is 5.96. The molecule has 0 aromatic heterocycles. The van der Waals surface area contributed by atoms with Crippen LogP contribution >= 0.6 is 0 Å². The molecule has 0 heterocycles. The minimum Gasteiger partial charge on any atom is -0.465 e. The van der Waals surface area contributed by atoms with E-state index in [1.54, 1.807) is 12.1 Å². The van der Waals surface area contributed by atoms with Crippen LogP contribution in [0.25, 0.3) is 0 Å². The van der Waals surface area contributed by atoms with E-state index in [1.165, 1.54) is 7.11 Å². The molecule has 0 fully saturated rings. The van der Waals surface area contributed by atoms with E-state index in [4.69, 9.17) is 9.84 Å². The molecule has 0 bridgehead atoms. The molecule has 7 nitrogen and oxygen atoms in total. The normalized spacial score (nSPS) is 15.0. The molecule has 1 rings (SSSR count). The van der Waals surface area contributed by atoms with Gasteiger partial charge in [-0.25, -0.2) is 4.79 Å². The number of ether oxygens (including phenoxy) is 1. The Morgan fingerprint density at radius 2 is 1.77 bits per heavy atom. The van der Waals surface area contributed by atoms with E-state index >= 15 is 0 Å². The Bertz CT molecular complexity index is 519. The van der Waals surface area contributed by atoms with Crippen molar-refractivity contribution in [3.05, 3.63) is 28.8 Å². The van der Waals surface area contributed by atoms with E-state index in [-0.39, 0.29) is 6.54 Å². The zero-order valence-corrected chi connectivity index (χ0v) is 12.9. The van der Waals surface area contributed by atoms with Crippen LogP contribution in [-0.2, 0) is 4.74 Å². The molecule has 0 aliphatic rings. The van der Waals surface area contributed by atoms with Crippen LogP contribution in [0.4, 0.5) is 5.69 Å². The molecule has 0 spiro atoms. The van der Waals surface area contributed by atoms with Crippen LogP contribution in [-0.4, -0.2) is 65.0 Å². The molecular formula is C15H23NO6. The molecule has 0 aliphatic carbocycles. The van der Waals surface area contributed by atoms with Crippen LogP contribution in [0.5, 0.6) is 0 Å². The Balaban J connectivity index is 2.89. The number of hydrogen-bond donors (Lipinski definition) is 5. The number of nitrogens with one attached hydrogen (secondary N) is 1. The zero-order chi connectivity index (χ0) is 16.9. The standard InChI is InChI=1S/C15H23NO6/c1-8-4-10(15(21)22-3)11(5-9(8)2)16-6-12(18)14(20)13(19)7-17/h4-5,12-14,16-20H,6-7H2,1-3H3/t12-,13+,14-/m0/s1. The lowest BCUT2D eigenvalue weighted by molar-refractivity contribution is -0.0715. The van der Waals surface area contributed by atoms with Crippen molar-refractivity contribution in [3.8, 4) is 0 Å². The number of aliphatic hydroxyl groups is 4. The molecule has 0 aliphatic heterocycles. The summed E-state index contributed by atoms with van der Waals surface area (Å²) in [5.74, 6) is -0.518. The zero-order valence-electron chi connectivity index (χ0n) is 12.9. The summed E-state index contributed by atoms with van der Waals surface area (Å²) in [6.45, 7) is 2.98. The molecule has 7 heteroatoms. The van der Waals surface area contributed by atoms with Gasteiger partial charge in [0.05, 0.1) is 25.4 Å². The molecule has 0 amide bonds. The number of benzene rings is 1. The maximum absolute atomic E-state index is 11.8. The van der Waals surface area contributed by atoms with Crippen LogP contribution in [0, 0.1) is 13.8 Å². The Morgan fingerprint density at radius 3 is 2.32 bits per heavy atom. The molecule has 0 radical (unpaired) electrons. The predicted molar refractivity (Wildman–Crippen MR) is 80.9 cm³/mol. The number of rotatable bonds is 7. The Morgan fingerprint density at radius 1 is 1.18 bits per heavy atom. The molecule has 3 atom stereocenters. The summed E-state index contributed by atoms with van der Waals surface area (Å²) in [6, 6.07) is 3.41. The summed E-state index contributed by atoms with van der Waals surface area (Å²) in [4.78, 5) is 11.8. The van der Waals surface area contributed by atoms with Crippen molar-refractivity contribution in [3.63, 3.8) is 0 Å². The third-order valence-corrected chi connectivity index (χ3v) is 3.52. The number of anilines is 1. The van der Waals surface area contributed by atoms with E-state index in [2.05, 4.69) is 5.32 Å². The van der Waals surface area contributed by atoms with Crippen molar-refractivity contribution in [2.24, 2.45) is 0 Å². The second-order valence-electron chi connectivity index (χ2n) is 5.16. The van der Waals surface area contributed by atoms with Crippen LogP contribution < -0.4 is 5.32 Å². The number of esters is 1. The van der Waals surface area contributed by atoms with Gasteiger partial charge in [0.15, 0.2) is 0 Å². The van der Waals surface area contributed by atoms with Crippen molar-refractivity contribution >= 4 is 11.7 Å². The van der Waals surface area contributed by atoms with Gasteiger partial charge in [0, 0.05) is 12.2 Å². The van der Waals surface area contributed by atoms with Gasteiger partial charge in [-0.1, -0.05) is 0 Å². The SMILES string of the molecule is COC(=O)c1cc(C)c(C)cc1NC[C@H](O)[C@H](O)[C@H](O)CO. The molecule has 0 saturated heterocycles. The molecule has 22 heavy (non-hydrogen) atoms. The van der Waals surface area contributed by atoms with Crippen LogP contribution in [0.15, 0.2) is 12.1 Å². The number of methoxy groups -OCH3 is 1. The Kier molecular flexibility index (Phi) is 6.76. The van der Waals surface area contributed by atoms with Gasteiger partial charge in [-0.05, 0) is 37.1 Å². The largest absolute Gasteiger partial charge is 0.465 e. The quantitative estimate of drug-likeness (QED) is 0.434.